The van der Waals surface area contributed by atoms with E-state index in [9.17, 15) is 9.90 Å². The van der Waals surface area contributed by atoms with Crippen molar-refractivity contribution in [3.8, 4) is 0 Å². The Morgan fingerprint density at radius 3 is 2.62 bits per heavy atom. The number of aliphatic hydroxyl groups is 1. The quantitative estimate of drug-likeness (QED) is 0.876. The zero-order valence-electron chi connectivity index (χ0n) is 13.9. The number of carbonyl (C=O) groups is 1. The Balaban J connectivity index is 2.79. The molecule has 21 heavy (non-hydrogen) atoms. The van der Waals surface area contributed by atoms with Crippen LogP contribution in [0.5, 0.6) is 0 Å². The van der Waals surface area contributed by atoms with E-state index >= 15 is 0 Å². The van der Waals surface area contributed by atoms with Crippen molar-refractivity contribution < 1.29 is 14.6 Å². The van der Waals surface area contributed by atoms with Gasteiger partial charge in [-0.2, -0.15) is 5.10 Å². The molecule has 0 spiro atoms. The SMILES string of the molecule is Cc1nn(C)c(NC(=O)OC(C)(C)C)c1CCCC(C)O. The van der Waals surface area contributed by atoms with Crippen LogP contribution in [0.25, 0.3) is 0 Å². The predicted octanol–water partition coefficient (Wildman–Crippen LogP) is 2.78. The van der Waals surface area contributed by atoms with E-state index < -0.39 is 11.7 Å². The van der Waals surface area contributed by atoms with Gasteiger partial charge in [0.25, 0.3) is 0 Å². The lowest BCUT2D eigenvalue weighted by atomic mass is 10.1. The molecule has 0 saturated heterocycles. The summed E-state index contributed by atoms with van der Waals surface area (Å²) in [4.78, 5) is 11.9. The topological polar surface area (TPSA) is 76.4 Å². The van der Waals surface area contributed by atoms with Gasteiger partial charge in [-0.1, -0.05) is 0 Å². The van der Waals surface area contributed by atoms with Gasteiger partial charge in [0, 0.05) is 12.6 Å². The standard InChI is InChI=1S/C15H27N3O3/c1-10(19)8-7-9-12-11(2)17-18(6)13(12)16-14(20)21-15(3,4)5/h10,19H,7-9H2,1-6H3,(H,16,20). The van der Waals surface area contributed by atoms with Crippen molar-refractivity contribution in [1.29, 1.82) is 0 Å². The number of hydrogen-bond acceptors (Lipinski definition) is 4. The minimum absolute atomic E-state index is 0.316. The maximum absolute atomic E-state index is 11.9. The van der Waals surface area contributed by atoms with Gasteiger partial charge in [0.15, 0.2) is 0 Å². The van der Waals surface area contributed by atoms with Crippen molar-refractivity contribution in [3.63, 3.8) is 0 Å². The lowest BCUT2D eigenvalue weighted by molar-refractivity contribution is 0.0634. The molecule has 6 nitrogen and oxygen atoms in total. The number of rotatable bonds is 5. The fraction of sp³-hybridized carbons (Fsp3) is 0.733. The van der Waals surface area contributed by atoms with E-state index in [0.29, 0.717) is 5.82 Å². The summed E-state index contributed by atoms with van der Waals surface area (Å²) in [5.74, 6) is 0.660. The molecule has 0 saturated carbocycles. The average Bonchev–Trinajstić information content (AvgIpc) is 2.52. The highest BCUT2D eigenvalue weighted by Crippen LogP contribution is 2.22. The zero-order valence-corrected chi connectivity index (χ0v) is 13.9. The molecule has 0 aliphatic heterocycles. The molecule has 6 heteroatoms. The fourth-order valence-electron chi connectivity index (χ4n) is 2.13. The molecule has 120 valence electrons. The minimum atomic E-state index is -0.537. The molecular formula is C15H27N3O3. The third-order valence-corrected chi connectivity index (χ3v) is 3.01. The summed E-state index contributed by atoms with van der Waals surface area (Å²) in [5.41, 5.74) is 1.34. The highest BCUT2D eigenvalue weighted by molar-refractivity contribution is 5.85. The number of carbonyl (C=O) groups excluding carboxylic acids is 1. The number of nitrogens with one attached hydrogen (secondary N) is 1. The number of aliphatic hydroxyl groups excluding tert-OH is 1. The Kier molecular flexibility index (Phi) is 5.78. The maximum Gasteiger partial charge on any atom is 0.413 e. The summed E-state index contributed by atoms with van der Waals surface area (Å²) in [6.45, 7) is 9.16. The van der Waals surface area contributed by atoms with E-state index in [2.05, 4.69) is 10.4 Å². The van der Waals surface area contributed by atoms with E-state index in [1.54, 1.807) is 18.7 Å². The first kappa shape index (κ1) is 17.5. The predicted molar refractivity (Wildman–Crippen MR) is 82.4 cm³/mol. The summed E-state index contributed by atoms with van der Waals surface area (Å²) >= 11 is 0. The Labute approximate surface area is 126 Å². The van der Waals surface area contributed by atoms with Gasteiger partial charge in [0.2, 0.25) is 0 Å². The summed E-state index contributed by atoms with van der Waals surface area (Å²) in [7, 11) is 1.79. The highest BCUT2D eigenvalue weighted by atomic mass is 16.6. The van der Waals surface area contributed by atoms with Crippen LogP contribution >= 0.6 is 0 Å². The van der Waals surface area contributed by atoms with Gasteiger partial charge in [0.1, 0.15) is 11.4 Å². The van der Waals surface area contributed by atoms with Gasteiger partial charge in [-0.25, -0.2) is 4.79 Å². The van der Waals surface area contributed by atoms with E-state index in [4.69, 9.17) is 4.74 Å². The second-order valence-electron chi connectivity index (χ2n) is 6.40. The molecular weight excluding hydrogens is 270 g/mol. The molecule has 0 aliphatic rings. The van der Waals surface area contributed by atoms with Crippen LogP contribution in [-0.2, 0) is 18.2 Å². The zero-order chi connectivity index (χ0) is 16.2. The molecule has 0 fully saturated rings. The Morgan fingerprint density at radius 1 is 1.48 bits per heavy atom. The Morgan fingerprint density at radius 2 is 2.10 bits per heavy atom. The van der Waals surface area contributed by atoms with Crippen molar-refractivity contribution >= 4 is 11.9 Å². The second-order valence-corrected chi connectivity index (χ2v) is 6.40. The van der Waals surface area contributed by atoms with E-state index in [0.717, 1.165) is 30.5 Å². The smallest absolute Gasteiger partial charge is 0.413 e. The van der Waals surface area contributed by atoms with E-state index in [1.807, 2.05) is 27.7 Å². The number of aromatic nitrogens is 2. The van der Waals surface area contributed by atoms with E-state index in [1.165, 1.54) is 0 Å². The highest BCUT2D eigenvalue weighted by Gasteiger charge is 2.20. The maximum atomic E-state index is 11.9. The number of amides is 1. The van der Waals surface area contributed by atoms with Gasteiger partial charge in [-0.15, -0.1) is 0 Å². The number of ether oxygens (including phenoxy) is 1. The molecule has 1 unspecified atom stereocenters. The van der Waals surface area contributed by atoms with Crippen LogP contribution < -0.4 is 5.32 Å². The van der Waals surface area contributed by atoms with Crippen molar-refractivity contribution in [2.45, 2.75) is 65.6 Å². The lowest BCUT2D eigenvalue weighted by Gasteiger charge is -2.20. The molecule has 1 atom stereocenters. The first-order valence-electron chi connectivity index (χ1n) is 7.30. The second kappa shape index (κ2) is 6.93. The van der Waals surface area contributed by atoms with Crippen LogP contribution in [0.4, 0.5) is 10.6 Å². The lowest BCUT2D eigenvalue weighted by Crippen LogP contribution is -2.28. The number of aryl methyl sites for hydroxylation is 2. The molecule has 1 rings (SSSR count). The Hall–Kier alpha value is -1.56. The van der Waals surface area contributed by atoms with Gasteiger partial charge in [-0.3, -0.25) is 10.00 Å². The number of hydrogen-bond donors (Lipinski definition) is 2. The average molecular weight is 297 g/mol. The summed E-state index contributed by atoms with van der Waals surface area (Å²) in [5, 5.41) is 16.4. The molecule has 1 amide bonds. The first-order valence-corrected chi connectivity index (χ1v) is 7.30. The molecule has 0 aromatic carbocycles. The molecule has 2 N–H and O–H groups in total. The van der Waals surface area contributed by atoms with Gasteiger partial charge in [0.05, 0.1) is 11.8 Å². The van der Waals surface area contributed by atoms with E-state index in [-0.39, 0.29) is 6.10 Å². The molecule has 1 aromatic rings. The minimum Gasteiger partial charge on any atom is -0.444 e. The van der Waals surface area contributed by atoms with Gasteiger partial charge >= 0.3 is 6.09 Å². The molecule has 0 aliphatic carbocycles. The fourth-order valence-corrected chi connectivity index (χ4v) is 2.13. The van der Waals surface area contributed by atoms with Crippen molar-refractivity contribution in [2.24, 2.45) is 7.05 Å². The normalized spacial score (nSPS) is 13.1. The van der Waals surface area contributed by atoms with Crippen LogP contribution in [0.3, 0.4) is 0 Å². The monoisotopic (exact) mass is 297 g/mol. The van der Waals surface area contributed by atoms with Crippen LogP contribution in [0.15, 0.2) is 0 Å². The molecule has 1 heterocycles. The molecule has 0 bridgehead atoms. The Bertz CT molecular complexity index is 487. The van der Waals surface area contributed by atoms with Gasteiger partial charge < -0.3 is 9.84 Å². The van der Waals surface area contributed by atoms with Crippen LogP contribution in [0.1, 0.15) is 51.8 Å². The van der Waals surface area contributed by atoms with Crippen molar-refractivity contribution in [3.05, 3.63) is 11.3 Å². The van der Waals surface area contributed by atoms with Crippen LogP contribution in [0.2, 0.25) is 0 Å². The largest absolute Gasteiger partial charge is 0.444 e. The van der Waals surface area contributed by atoms with Crippen molar-refractivity contribution in [1.82, 2.24) is 9.78 Å². The summed E-state index contributed by atoms with van der Waals surface area (Å²) in [6.07, 6.45) is 1.52. The molecule has 0 radical (unpaired) electrons. The summed E-state index contributed by atoms with van der Waals surface area (Å²) in [6, 6.07) is 0. The number of nitrogens with zero attached hydrogens (tertiary/aromatic N) is 2. The van der Waals surface area contributed by atoms with Gasteiger partial charge in [-0.05, 0) is 53.9 Å². The number of anilines is 1. The summed E-state index contributed by atoms with van der Waals surface area (Å²) < 4.78 is 6.92. The van der Waals surface area contributed by atoms with Crippen LogP contribution in [-0.4, -0.2) is 32.7 Å². The third-order valence-electron chi connectivity index (χ3n) is 3.01. The molecule has 1 aromatic heterocycles. The van der Waals surface area contributed by atoms with Crippen molar-refractivity contribution in [2.75, 3.05) is 5.32 Å². The first-order chi connectivity index (χ1) is 9.60. The van der Waals surface area contributed by atoms with Crippen LogP contribution in [0, 0.1) is 6.92 Å². The third kappa shape index (κ3) is 5.75.